The van der Waals surface area contributed by atoms with Crippen LogP contribution in [0.1, 0.15) is 20.7 Å². The van der Waals surface area contributed by atoms with Crippen molar-refractivity contribution in [2.45, 2.75) is 0 Å². The van der Waals surface area contributed by atoms with Crippen molar-refractivity contribution < 1.29 is 49.5 Å². The molecule has 0 saturated heterocycles. The SMILES string of the molecule is O=C([O-])c1ccccc1C(=O)NO.[Na+]. The molecule has 0 aliphatic rings. The smallest absolute Gasteiger partial charge is 0.545 e. The van der Waals surface area contributed by atoms with Crippen LogP contribution in [-0.4, -0.2) is 17.1 Å². The van der Waals surface area contributed by atoms with Gasteiger partial charge < -0.3 is 9.90 Å². The minimum atomic E-state index is -1.46. The van der Waals surface area contributed by atoms with Gasteiger partial charge in [0.15, 0.2) is 0 Å². The first-order valence-electron chi connectivity index (χ1n) is 3.41. The quantitative estimate of drug-likeness (QED) is 0.293. The molecule has 0 unspecified atom stereocenters. The largest absolute Gasteiger partial charge is 1.00 e. The maximum atomic E-state index is 10.9. The Bertz CT molecular complexity index is 353. The number of carboxylic acid groups (broad SMARTS) is 1. The molecule has 0 fully saturated rings. The van der Waals surface area contributed by atoms with Crippen molar-refractivity contribution in [2.24, 2.45) is 0 Å². The van der Waals surface area contributed by atoms with Crippen molar-refractivity contribution in [3.05, 3.63) is 35.4 Å². The summed E-state index contributed by atoms with van der Waals surface area (Å²) in [5.74, 6) is -2.33. The molecule has 1 rings (SSSR count). The van der Waals surface area contributed by atoms with Crippen molar-refractivity contribution in [1.82, 2.24) is 5.48 Å². The Morgan fingerprint density at radius 3 is 2.14 bits per heavy atom. The zero-order valence-electron chi connectivity index (χ0n) is 7.48. The summed E-state index contributed by atoms with van der Waals surface area (Å²) in [6.45, 7) is 0. The number of carbonyl (C=O) groups is 2. The second kappa shape index (κ2) is 5.77. The van der Waals surface area contributed by atoms with Gasteiger partial charge in [-0.1, -0.05) is 18.2 Å². The molecule has 0 spiro atoms. The van der Waals surface area contributed by atoms with Gasteiger partial charge in [0.05, 0.1) is 11.5 Å². The van der Waals surface area contributed by atoms with Crippen LogP contribution in [0.2, 0.25) is 0 Å². The molecule has 0 heterocycles. The second-order valence-corrected chi connectivity index (χ2v) is 2.27. The van der Waals surface area contributed by atoms with E-state index in [1.54, 1.807) is 0 Å². The first-order valence-corrected chi connectivity index (χ1v) is 3.41. The Morgan fingerprint density at radius 2 is 1.71 bits per heavy atom. The van der Waals surface area contributed by atoms with E-state index in [2.05, 4.69) is 0 Å². The monoisotopic (exact) mass is 203 g/mol. The molecule has 0 aromatic heterocycles. The molecule has 2 N–H and O–H groups in total. The number of rotatable bonds is 2. The van der Waals surface area contributed by atoms with E-state index in [0.717, 1.165) is 0 Å². The second-order valence-electron chi connectivity index (χ2n) is 2.27. The van der Waals surface area contributed by atoms with Crippen LogP contribution in [0.25, 0.3) is 0 Å². The Hall–Kier alpha value is -0.880. The molecule has 0 aliphatic carbocycles. The van der Waals surface area contributed by atoms with E-state index in [1.165, 1.54) is 29.7 Å². The number of hydrogen-bond acceptors (Lipinski definition) is 4. The van der Waals surface area contributed by atoms with Crippen LogP contribution < -0.4 is 40.1 Å². The normalized spacial score (nSPS) is 8.64. The number of carboxylic acids is 1. The van der Waals surface area contributed by atoms with Gasteiger partial charge >= 0.3 is 29.6 Å². The van der Waals surface area contributed by atoms with E-state index in [1.807, 2.05) is 0 Å². The zero-order chi connectivity index (χ0) is 9.84. The summed E-state index contributed by atoms with van der Waals surface area (Å²) in [5, 5.41) is 18.8. The molecule has 1 aromatic rings. The van der Waals surface area contributed by atoms with Gasteiger partial charge in [-0.2, -0.15) is 0 Å². The van der Waals surface area contributed by atoms with Crippen molar-refractivity contribution >= 4 is 11.9 Å². The van der Waals surface area contributed by atoms with Gasteiger partial charge in [-0.05, 0) is 6.07 Å². The number of benzene rings is 1. The van der Waals surface area contributed by atoms with Crippen LogP contribution in [0.5, 0.6) is 0 Å². The third-order valence-corrected chi connectivity index (χ3v) is 1.49. The molecule has 0 bridgehead atoms. The van der Waals surface area contributed by atoms with Gasteiger partial charge in [-0.3, -0.25) is 10.0 Å². The topological polar surface area (TPSA) is 89.5 Å². The minimum Gasteiger partial charge on any atom is -0.545 e. The van der Waals surface area contributed by atoms with Crippen LogP contribution in [0, 0.1) is 0 Å². The predicted molar refractivity (Wildman–Crippen MR) is 40.0 cm³/mol. The van der Waals surface area contributed by atoms with Crippen LogP contribution in [0.4, 0.5) is 0 Å². The van der Waals surface area contributed by atoms with Gasteiger partial charge in [0.2, 0.25) is 0 Å². The minimum absolute atomic E-state index is 0. The first-order chi connectivity index (χ1) is 6.16. The maximum absolute atomic E-state index is 10.9. The maximum Gasteiger partial charge on any atom is 1.00 e. The average molecular weight is 203 g/mol. The first kappa shape index (κ1) is 13.1. The summed E-state index contributed by atoms with van der Waals surface area (Å²) < 4.78 is 0. The van der Waals surface area contributed by atoms with E-state index >= 15 is 0 Å². The summed E-state index contributed by atoms with van der Waals surface area (Å²) in [7, 11) is 0. The van der Waals surface area contributed by atoms with E-state index in [9.17, 15) is 14.7 Å². The molecule has 0 radical (unpaired) electrons. The average Bonchev–Trinajstić information content (AvgIpc) is 2.16. The summed E-state index contributed by atoms with van der Waals surface area (Å²) in [5.41, 5.74) is 0.957. The summed E-state index contributed by atoms with van der Waals surface area (Å²) in [6.07, 6.45) is 0. The Labute approximate surface area is 102 Å². The zero-order valence-corrected chi connectivity index (χ0v) is 9.48. The number of nitrogens with one attached hydrogen (secondary N) is 1. The van der Waals surface area contributed by atoms with Crippen molar-refractivity contribution in [1.29, 1.82) is 0 Å². The van der Waals surface area contributed by atoms with Crippen LogP contribution >= 0.6 is 0 Å². The summed E-state index contributed by atoms with van der Waals surface area (Å²) >= 11 is 0. The molecule has 5 nitrogen and oxygen atoms in total. The van der Waals surface area contributed by atoms with Gasteiger partial charge in [0.25, 0.3) is 5.91 Å². The fraction of sp³-hybridized carbons (Fsp3) is 0. The third kappa shape index (κ3) is 2.81. The van der Waals surface area contributed by atoms with Crippen molar-refractivity contribution in [2.75, 3.05) is 0 Å². The molecule has 68 valence electrons. The van der Waals surface area contributed by atoms with Gasteiger partial charge in [-0.25, -0.2) is 5.48 Å². The molecule has 6 heteroatoms. The van der Waals surface area contributed by atoms with Gasteiger partial charge in [0.1, 0.15) is 0 Å². The van der Waals surface area contributed by atoms with Crippen LogP contribution in [0.15, 0.2) is 24.3 Å². The predicted octanol–water partition coefficient (Wildman–Crippen LogP) is -3.83. The molecule has 0 atom stereocenters. The van der Waals surface area contributed by atoms with E-state index < -0.39 is 11.9 Å². The number of amides is 1. The van der Waals surface area contributed by atoms with Gasteiger partial charge in [0, 0.05) is 5.56 Å². The third-order valence-electron chi connectivity index (χ3n) is 1.49. The molecule has 14 heavy (non-hydrogen) atoms. The fourth-order valence-corrected chi connectivity index (χ4v) is 0.919. The molecular formula is C8H6NNaO4. The molecule has 0 saturated carbocycles. The molecule has 1 aromatic carbocycles. The summed E-state index contributed by atoms with van der Waals surface area (Å²) in [4.78, 5) is 21.4. The number of hydrogen-bond donors (Lipinski definition) is 2. The fourth-order valence-electron chi connectivity index (χ4n) is 0.919. The molecule has 1 amide bonds. The number of hydroxylamine groups is 1. The van der Waals surface area contributed by atoms with Crippen molar-refractivity contribution in [3.63, 3.8) is 0 Å². The van der Waals surface area contributed by atoms with E-state index in [-0.39, 0.29) is 40.7 Å². The van der Waals surface area contributed by atoms with Crippen molar-refractivity contribution in [3.8, 4) is 0 Å². The van der Waals surface area contributed by atoms with E-state index in [4.69, 9.17) is 5.21 Å². The Morgan fingerprint density at radius 1 is 1.21 bits per heavy atom. The Balaban J connectivity index is 0.00000169. The molecular weight excluding hydrogens is 197 g/mol. The van der Waals surface area contributed by atoms with Gasteiger partial charge in [-0.15, -0.1) is 0 Å². The van der Waals surface area contributed by atoms with Crippen LogP contribution in [0.3, 0.4) is 0 Å². The molecule has 0 aliphatic heterocycles. The summed E-state index contributed by atoms with van der Waals surface area (Å²) in [6, 6.07) is 5.44. The Kier molecular flexibility index (Phi) is 5.40. The number of aromatic carboxylic acids is 1. The van der Waals surface area contributed by atoms with E-state index in [0.29, 0.717) is 0 Å². The van der Waals surface area contributed by atoms with Crippen LogP contribution in [-0.2, 0) is 0 Å². The standard InChI is InChI=1S/C8H7NO4.Na/c10-7(9-13)5-3-1-2-4-6(5)8(11)12;/h1-4,13H,(H,9,10)(H,11,12);/q;+1/p-1. The number of carbonyl (C=O) groups excluding carboxylic acids is 2.